The lowest BCUT2D eigenvalue weighted by Crippen LogP contribution is -2.40. The Kier molecular flexibility index (Phi) is 6.22. The van der Waals surface area contributed by atoms with Crippen molar-refractivity contribution in [2.75, 3.05) is 0 Å². The molecule has 17 heavy (non-hydrogen) atoms. The van der Waals surface area contributed by atoms with Crippen LogP contribution in [0.15, 0.2) is 28.7 Å². The molecule has 0 saturated carbocycles. The first-order valence-corrected chi connectivity index (χ1v) is 6.71. The molecule has 1 atom stereocenters. The smallest absolute Gasteiger partial charge is 0.237 e. The lowest BCUT2D eigenvalue weighted by atomic mass is 10.1. The average Bonchev–Trinajstić information content (AvgIpc) is 2.34. The van der Waals surface area contributed by atoms with E-state index >= 15 is 0 Å². The van der Waals surface area contributed by atoms with Gasteiger partial charge in [-0.2, -0.15) is 0 Å². The third-order valence-electron chi connectivity index (χ3n) is 2.62. The Bertz CT molecular complexity index is 368. The van der Waals surface area contributed by atoms with E-state index in [2.05, 4.69) is 28.2 Å². The Morgan fingerprint density at radius 1 is 1.47 bits per heavy atom. The molecule has 3 N–H and O–H groups in total. The van der Waals surface area contributed by atoms with Gasteiger partial charge in [0, 0.05) is 11.0 Å². The second-order valence-corrected chi connectivity index (χ2v) is 4.91. The fourth-order valence-electron chi connectivity index (χ4n) is 1.51. The predicted molar refractivity (Wildman–Crippen MR) is 73.5 cm³/mol. The Hall–Kier alpha value is -0.870. The first-order chi connectivity index (χ1) is 8.15. The zero-order chi connectivity index (χ0) is 12.7. The first kappa shape index (κ1) is 14.2. The molecule has 0 saturated heterocycles. The molecule has 0 aliphatic rings. The Morgan fingerprint density at radius 2 is 2.18 bits per heavy atom. The van der Waals surface area contributed by atoms with Crippen LogP contribution in [0.1, 0.15) is 31.7 Å². The van der Waals surface area contributed by atoms with E-state index in [9.17, 15) is 4.79 Å². The third-order valence-corrected chi connectivity index (χ3v) is 3.39. The van der Waals surface area contributed by atoms with Crippen molar-refractivity contribution in [3.05, 3.63) is 34.3 Å². The van der Waals surface area contributed by atoms with E-state index in [-0.39, 0.29) is 5.91 Å². The van der Waals surface area contributed by atoms with Crippen molar-refractivity contribution in [3.8, 4) is 0 Å². The molecule has 94 valence electrons. The number of hydrogen-bond acceptors (Lipinski definition) is 2. The Balaban J connectivity index is 2.40. The predicted octanol–water partition coefficient (Wildman–Crippen LogP) is 2.58. The molecule has 0 aliphatic carbocycles. The van der Waals surface area contributed by atoms with Crippen LogP contribution in [0.25, 0.3) is 0 Å². The topological polar surface area (TPSA) is 55.1 Å². The van der Waals surface area contributed by atoms with Crippen LogP contribution in [0.2, 0.25) is 0 Å². The monoisotopic (exact) mass is 298 g/mol. The minimum absolute atomic E-state index is 0.0748. The molecular weight excluding hydrogens is 280 g/mol. The molecule has 0 fully saturated rings. The SMILES string of the molecule is CCCC[C@H](N)C(=O)NCc1ccccc1Br. The summed E-state index contributed by atoms with van der Waals surface area (Å²) in [5, 5.41) is 2.85. The van der Waals surface area contributed by atoms with Crippen LogP contribution in [-0.2, 0) is 11.3 Å². The van der Waals surface area contributed by atoms with Crippen LogP contribution in [0.5, 0.6) is 0 Å². The van der Waals surface area contributed by atoms with E-state index in [1.54, 1.807) is 0 Å². The van der Waals surface area contributed by atoms with Crippen LogP contribution in [0.4, 0.5) is 0 Å². The van der Waals surface area contributed by atoms with Crippen molar-refractivity contribution < 1.29 is 4.79 Å². The number of unbranched alkanes of at least 4 members (excludes halogenated alkanes) is 1. The summed E-state index contributed by atoms with van der Waals surface area (Å²) in [6.45, 7) is 2.60. The lowest BCUT2D eigenvalue weighted by molar-refractivity contribution is -0.122. The third kappa shape index (κ3) is 4.88. The van der Waals surface area contributed by atoms with Gasteiger partial charge in [-0.05, 0) is 18.1 Å². The molecule has 3 nitrogen and oxygen atoms in total. The Labute approximate surface area is 111 Å². The fraction of sp³-hybridized carbons (Fsp3) is 0.462. The lowest BCUT2D eigenvalue weighted by Gasteiger charge is -2.12. The van der Waals surface area contributed by atoms with Crippen molar-refractivity contribution in [1.82, 2.24) is 5.32 Å². The number of amides is 1. The minimum Gasteiger partial charge on any atom is -0.351 e. The van der Waals surface area contributed by atoms with Crippen LogP contribution in [0, 0.1) is 0 Å². The molecule has 1 aromatic carbocycles. The van der Waals surface area contributed by atoms with Crippen molar-refractivity contribution in [3.63, 3.8) is 0 Å². The van der Waals surface area contributed by atoms with Gasteiger partial charge in [0.15, 0.2) is 0 Å². The summed E-state index contributed by atoms with van der Waals surface area (Å²) in [5.41, 5.74) is 6.84. The summed E-state index contributed by atoms with van der Waals surface area (Å²) in [7, 11) is 0. The van der Waals surface area contributed by atoms with E-state index < -0.39 is 6.04 Å². The Morgan fingerprint density at radius 3 is 2.82 bits per heavy atom. The molecule has 0 unspecified atom stereocenters. The van der Waals surface area contributed by atoms with E-state index in [1.165, 1.54) is 0 Å². The molecule has 0 aromatic heterocycles. The molecule has 1 aromatic rings. The van der Waals surface area contributed by atoms with Crippen LogP contribution in [-0.4, -0.2) is 11.9 Å². The maximum atomic E-state index is 11.7. The van der Waals surface area contributed by atoms with E-state index in [1.807, 2.05) is 24.3 Å². The van der Waals surface area contributed by atoms with Gasteiger partial charge in [-0.1, -0.05) is 53.9 Å². The van der Waals surface area contributed by atoms with Crippen molar-refractivity contribution in [2.45, 2.75) is 38.8 Å². The van der Waals surface area contributed by atoms with Gasteiger partial charge >= 0.3 is 0 Å². The summed E-state index contributed by atoms with van der Waals surface area (Å²) < 4.78 is 1.00. The summed E-state index contributed by atoms with van der Waals surface area (Å²) in [6.07, 6.45) is 2.80. The number of carbonyl (C=O) groups is 1. The maximum Gasteiger partial charge on any atom is 0.237 e. The average molecular weight is 299 g/mol. The normalized spacial score (nSPS) is 12.2. The van der Waals surface area contributed by atoms with Crippen LogP contribution < -0.4 is 11.1 Å². The summed E-state index contributed by atoms with van der Waals surface area (Å²) in [6, 6.07) is 7.43. The number of halogens is 1. The number of rotatable bonds is 6. The molecular formula is C13H19BrN2O. The van der Waals surface area contributed by atoms with Gasteiger partial charge in [0.2, 0.25) is 5.91 Å². The zero-order valence-electron chi connectivity index (χ0n) is 10.1. The highest BCUT2D eigenvalue weighted by Gasteiger charge is 2.12. The molecule has 0 spiro atoms. The molecule has 1 rings (SSSR count). The van der Waals surface area contributed by atoms with Crippen molar-refractivity contribution in [1.29, 1.82) is 0 Å². The van der Waals surface area contributed by atoms with Gasteiger partial charge in [0.1, 0.15) is 0 Å². The summed E-state index contributed by atoms with van der Waals surface area (Å²) >= 11 is 3.44. The second-order valence-electron chi connectivity index (χ2n) is 4.06. The second kappa shape index (κ2) is 7.45. The summed E-state index contributed by atoms with van der Waals surface area (Å²) in [4.78, 5) is 11.7. The van der Waals surface area contributed by atoms with Gasteiger partial charge in [-0.3, -0.25) is 4.79 Å². The van der Waals surface area contributed by atoms with Gasteiger partial charge in [0.05, 0.1) is 6.04 Å². The van der Waals surface area contributed by atoms with Gasteiger partial charge < -0.3 is 11.1 Å². The molecule has 0 heterocycles. The first-order valence-electron chi connectivity index (χ1n) is 5.91. The molecule has 1 amide bonds. The maximum absolute atomic E-state index is 11.7. The van der Waals surface area contributed by atoms with E-state index in [0.717, 1.165) is 29.3 Å². The van der Waals surface area contributed by atoms with Gasteiger partial charge in [-0.15, -0.1) is 0 Å². The molecule has 0 aliphatic heterocycles. The number of benzene rings is 1. The van der Waals surface area contributed by atoms with Crippen molar-refractivity contribution >= 4 is 21.8 Å². The van der Waals surface area contributed by atoms with E-state index in [0.29, 0.717) is 6.54 Å². The number of nitrogens with two attached hydrogens (primary N) is 1. The largest absolute Gasteiger partial charge is 0.351 e. The number of carbonyl (C=O) groups excluding carboxylic acids is 1. The quantitative estimate of drug-likeness (QED) is 0.848. The minimum atomic E-state index is -0.391. The van der Waals surface area contributed by atoms with Crippen molar-refractivity contribution in [2.24, 2.45) is 5.73 Å². The zero-order valence-corrected chi connectivity index (χ0v) is 11.7. The van der Waals surface area contributed by atoms with Gasteiger partial charge in [-0.25, -0.2) is 0 Å². The highest BCUT2D eigenvalue weighted by Crippen LogP contribution is 2.15. The molecule has 0 radical (unpaired) electrons. The molecule has 4 heteroatoms. The highest BCUT2D eigenvalue weighted by molar-refractivity contribution is 9.10. The van der Waals surface area contributed by atoms with Crippen LogP contribution >= 0.6 is 15.9 Å². The van der Waals surface area contributed by atoms with Gasteiger partial charge in [0.25, 0.3) is 0 Å². The standard InChI is InChI=1S/C13H19BrN2O/c1-2-3-8-12(15)13(17)16-9-10-6-4-5-7-11(10)14/h4-7,12H,2-3,8-9,15H2,1H3,(H,16,17)/t12-/m0/s1. The number of hydrogen-bond donors (Lipinski definition) is 2. The van der Waals surface area contributed by atoms with Crippen LogP contribution in [0.3, 0.4) is 0 Å². The molecule has 0 bridgehead atoms. The highest BCUT2D eigenvalue weighted by atomic mass is 79.9. The fourth-order valence-corrected chi connectivity index (χ4v) is 1.94. The number of nitrogens with one attached hydrogen (secondary N) is 1. The van der Waals surface area contributed by atoms with E-state index in [4.69, 9.17) is 5.73 Å². The summed E-state index contributed by atoms with van der Waals surface area (Å²) in [5.74, 6) is -0.0748.